The van der Waals surface area contributed by atoms with Crippen LogP contribution in [0.1, 0.15) is 5.56 Å². The van der Waals surface area contributed by atoms with Gasteiger partial charge >= 0.3 is 0 Å². The Morgan fingerprint density at radius 1 is 1.19 bits per heavy atom. The zero-order valence-electron chi connectivity index (χ0n) is 9.12. The highest BCUT2D eigenvalue weighted by Crippen LogP contribution is 2.33. The first-order valence-electron chi connectivity index (χ1n) is 5.72. The van der Waals surface area contributed by atoms with Crippen molar-refractivity contribution in [1.82, 2.24) is 5.32 Å². The van der Waals surface area contributed by atoms with E-state index >= 15 is 0 Å². The lowest BCUT2D eigenvalue weighted by Gasteiger charge is -2.30. The van der Waals surface area contributed by atoms with Crippen molar-refractivity contribution in [3.05, 3.63) is 23.8 Å². The van der Waals surface area contributed by atoms with Gasteiger partial charge < -0.3 is 15.5 Å². The maximum atomic E-state index is 11.4. The van der Waals surface area contributed by atoms with Crippen LogP contribution in [-0.2, 0) is 11.2 Å². The second-order valence-corrected chi connectivity index (χ2v) is 4.27. The molecule has 0 saturated carbocycles. The van der Waals surface area contributed by atoms with E-state index in [1.54, 1.807) is 0 Å². The molecule has 1 aromatic rings. The smallest absolute Gasteiger partial charge is 0.228 e. The number of anilines is 2. The molecule has 0 bridgehead atoms. The molecule has 3 rings (SSSR count). The third-order valence-corrected chi connectivity index (χ3v) is 3.20. The van der Waals surface area contributed by atoms with Gasteiger partial charge in [0.2, 0.25) is 5.91 Å². The summed E-state index contributed by atoms with van der Waals surface area (Å²) in [7, 11) is 0. The van der Waals surface area contributed by atoms with Gasteiger partial charge in [-0.25, -0.2) is 0 Å². The SMILES string of the molecule is O=C1Cc2cccc(N3CCNCC3)c2N1. The van der Waals surface area contributed by atoms with E-state index < -0.39 is 0 Å². The Morgan fingerprint density at radius 2 is 2.00 bits per heavy atom. The minimum atomic E-state index is 0.109. The molecule has 2 N–H and O–H groups in total. The molecule has 1 saturated heterocycles. The molecule has 1 aromatic carbocycles. The van der Waals surface area contributed by atoms with E-state index in [1.165, 1.54) is 5.69 Å². The number of benzene rings is 1. The van der Waals surface area contributed by atoms with Crippen LogP contribution >= 0.6 is 0 Å². The Hall–Kier alpha value is -1.55. The summed E-state index contributed by atoms with van der Waals surface area (Å²) < 4.78 is 0. The van der Waals surface area contributed by atoms with Gasteiger partial charge in [0.15, 0.2) is 0 Å². The molecule has 0 radical (unpaired) electrons. The number of carbonyl (C=O) groups excluding carboxylic acids is 1. The van der Waals surface area contributed by atoms with Crippen LogP contribution in [0.4, 0.5) is 11.4 Å². The summed E-state index contributed by atoms with van der Waals surface area (Å²) in [6, 6.07) is 6.16. The molecular formula is C12H15N3O. The summed E-state index contributed by atoms with van der Waals surface area (Å²) in [4.78, 5) is 13.7. The van der Waals surface area contributed by atoms with Crippen LogP contribution in [0.15, 0.2) is 18.2 Å². The van der Waals surface area contributed by atoms with Crippen LogP contribution in [0, 0.1) is 0 Å². The van der Waals surface area contributed by atoms with E-state index in [-0.39, 0.29) is 5.91 Å². The van der Waals surface area contributed by atoms with Crippen molar-refractivity contribution in [3.8, 4) is 0 Å². The summed E-state index contributed by atoms with van der Waals surface area (Å²) in [5.41, 5.74) is 3.32. The molecule has 0 atom stereocenters. The predicted molar refractivity (Wildman–Crippen MR) is 63.9 cm³/mol. The number of para-hydroxylation sites is 1. The van der Waals surface area contributed by atoms with Crippen LogP contribution in [0.5, 0.6) is 0 Å². The number of fused-ring (bicyclic) bond motifs is 1. The first-order chi connectivity index (χ1) is 7.84. The molecular weight excluding hydrogens is 202 g/mol. The fourth-order valence-corrected chi connectivity index (χ4v) is 2.40. The number of hydrogen-bond acceptors (Lipinski definition) is 3. The molecule has 0 aromatic heterocycles. The van der Waals surface area contributed by atoms with E-state index in [9.17, 15) is 4.79 Å². The Bertz CT molecular complexity index is 424. The third kappa shape index (κ3) is 1.55. The Balaban J connectivity index is 1.95. The molecule has 0 unspecified atom stereocenters. The molecule has 4 heteroatoms. The van der Waals surface area contributed by atoms with E-state index in [1.807, 2.05) is 12.1 Å². The molecule has 2 aliphatic rings. The van der Waals surface area contributed by atoms with Crippen molar-refractivity contribution < 1.29 is 4.79 Å². The highest BCUT2D eigenvalue weighted by Gasteiger charge is 2.23. The van der Waals surface area contributed by atoms with Crippen molar-refractivity contribution in [2.24, 2.45) is 0 Å². The summed E-state index contributed by atoms with van der Waals surface area (Å²) in [5, 5.41) is 6.29. The second kappa shape index (κ2) is 3.79. The number of hydrogen-bond donors (Lipinski definition) is 2. The number of amides is 1. The van der Waals surface area contributed by atoms with Gasteiger partial charge in [0.1, 0.15) is 0 Å². The van der Waals surface area contributed by atoms with Gasteiger partial charge in [-0.15, -0.1) is 0 Å². The highest BCUT2D eigenvalue weighted by molar-refractivity contribution is 6.03. The van der Waals surface area contributed by atoms with Gasteiger partial charge in [-0.1, -0.05) is 12.1 Å². The molecule has 2 heterocycles. The largest absolute Gasteiger partial charge is 0.367 e. The van der Waals surface area contributed by atoms with E-state index in [0.29, 0.717) is 6.42 Å². The fraction of sp³-hybridized carbons (Fsp3) is 0.417. The van der Waals surface area contributed by atoms with Gasteiger partial charge in [-0.05, 0) is 11.6 Å². The van der Waals surface area contributed by atoms with Crippen LogP contribution in [0.25, 0.3) is 0 Å². The van der Waals surface area contributed by atoms with E-state index in [4.69, 9.17) is 0 Å². The van der Waals surface area contributed by atoms with Crippen molar-refractivity contribution in [2.45, 2.75) is 6.42 Å². The second-order valence-electron chi connectivity index (χ2n) is 4.27. The van der Waals surface area contributed by atoms with Crippen molar-refractivity contribution in [2.75, 3.05) is 36.4 Å². The molecule has 1 amide bonds. The van der Waals surface area contributed by atoms with Crippen LogP contribution in [0.2, 0.25) is 0 Å². The summed E-state index contributed by atoms with van der Waals surface area (Å²) in [6.45, 7) is 4.04. The minimum Gasteiger partial charge on any atom is -0.367 e. The number of nitrogens with one attached hydrogen (secondary N) is 2. The van der Waals surface area contributed by atoms with Gasteiger partial charge in [0.25, 0.3) is 0 Å². The molecule has 4 nitrogen and oxygen atoms in total. The Labute approximate surface area is 94.6 Å². The zero-order chi connectivity index (χ0) is 11.0. The fourth-order valence-electron chi connectivity index (χ4n) is 2.40. The number of rotatable bonds is 1. The average Bonchev–Trinajstić information content (AvgIpc) is 2.70. The van der Waals surface area contributed by atoms with Crippen molar-refractivity contribution in [3.63, 3.8) is 0 Å². The summed E-state index contributed by atoms with van der Waals surface area (Å²) >= 11 is 0. The molecule has 0 spiro atoms. The van der Waals surface area contributed by atoms with Crippen molar-refractivity contribution >= 4 is 17.3 Å². The third-order valence-electron chi connectivity index (χ3n) is 3.20. The highest BCUT2D eigenvalue weighted by atomic mass is 16.1. The maximum absolute atomic E-state index is 11.4. The molecule has 1 fully saturated rings. The van der Waals surface area contributed by atoms with E-state index in [2.05, 4.69) is 21.6 Å². The standard InChI is InChI=1S/C12H15N3O/c16-11-8-9-2-1-3-10(12(9)14-11)15-6-4-13-5-7-15/h1-3,13H,4-8H2,(H,14,16). The summed E-state index contributed by atoms with van der Waals surface area (Å²) in [5.74, 6) is 0.109. The number of nitrogens with zero attached hydrogens (tertiary/aromatic N) is 1. The molecule has 16 heavy (non-hydrogen) atoms. The quantitative estimate of drug-likeness (QED) is 0.723. The predicted octanol–water partition coefficient (Wildman–Crippen LogP) is 0.591. The normalized spacial score (nSPS) is 19.5. The van der Waals surface area contributed by atoms with Crippen LogP contribution < -0.4 is 15.5 Å². The lowest BCUT2D eigenvalue weighted by atomic mass is 10.1. The van der Waals surface area contributed by atoms with E-state index in [0.717, 1.165) is 37.4 Å². The number of piperazine rings is 1. The molecule has 84 valence electrons. The molecule has 0 aliphatic carbocycles. The zero-order valence-corrected chi connectivity index (χ0v) is 9.12. The topological polar surface area (TPSA) is 44.4 Å². The Kier molecular flexibility index (Phi) is 2.29. The maximum Gasteiger partial charge on any atom is 0.228 e. The first-order valence-corrected chi connectivity index (χ1v) is 5.72. The monoisotopic (exact) mass is 217 g/mol. The lowest BCUT2D eigenvalue weighted by molar-refractivity contribution is -0.115. The average molecular weight is 217 g/mol. The van der Waals surface area contributed by atoms with Crippen molar-refractivity contribution in [1.29, 1.82) is 0 Å². The number of carbonyl (C=O) groups is 1. The summed E-state index contributed by atoms with van der Waals surface area (Å²) in [6.07, 6.45) is 0.523. The Morgan fingerprint density at radius 3 is 2.81 bits per heavy atom. The molecule has 2 aliphatic heterocycles. The van der Waals surface area contributed by atoms with Crippen LogP contribution in [0.3, 0.4) is 0 Å². The minimum absolute atomic E-state index is 0.109. The lowest BCUT2D eigenvalue weighted by Crippen LogP contribution is -2.43. The van der Waals surface area contributed by atoms with Crippen LogP contribution in [-0.4, -0.2) is 32.1 Å². The van der Waals surface area contributed by atoms with Gasteiger partial charge in [-0.3, -0.25) is 4.79 Å². The van der Waals surface area contributed by atoms with Gasteiger partial charge in [-0.2, -0.15) is 0 Å². The van der Waals surface area contributed by atoms with Gasteiger partial charge in [0, 0.05) is 26.2 Å². The first kappa shape index (κ1) is 9.66. The van der Waals surface area contributed by atoms with Gasteiger partial charge in [0.05, 0.1) is 17.8 Å².